The van der Waals surface area contributed by atoms with E-state index in [2.05, 4.69) is 27.3 Å². The van der Waals surface area contributed by atoms with E-state index in [1.54, 1.807) is 0 Å². The third-order valence-corrected chi connectivity index (χ3v) is 1.27. The molecule has 0 saturated heterocycles. The number of aromatic nitrogens is 2. The van der Waals surface area contributed by atoms with Crippen LogP contribution in [0.1, 0.15) is 11.7 Å². The number of hydrogen-bond acceptors (Lipinski definition) is 4. The van der Waals surface area contributed by atoms with Crippen LogP contribution < -0.4 is 0 Å². The van der Waals surface area contributed by atoms with Crippen molar-refractivity contribution in [3.63, 3.8) is 0 Å². The molecule has 1 aromatic rings. The van der Waals surface area contributed by atoms with Gasteiger partial charge in [0.15, 0.2) is 5.82 Å². The Morgan fingerprint density at radius 2 is 2.08 bits per heavy atom. The Bertz CT molecular complexity index is 259. The first-order valence-electron chi connectivity index (χ1n) is 3.00. The van der Waals surface area contributed by atoms with Crippen molar-refractivity contribution < 1.29 is 17.7 Å². The maximum absolute atomic E-state index is 11.7. The van der Waals surface area contributed by atoms with Crippen LogP contribution in [0.25, 0.3) is 0 Å². The van der Waals surface area contributed by atoms with Crippen molar-refractivity contribution in [2.75, 3.05) is 0 Å². The fourth-order valence-corrected chi connectivity index (χ4v) is 0.734. The molecule has 0 spiro atoms. The van der Waals surface area contributed by atoms with E-state index in [1.807, 2.05) is 0 Å². The number of halogens is 3. The third-order valence-electron chi connectivity index (χ3n) is 1.00. The number of rotatable bonds is 2. The number of nitrogens with zero attached hydrogens (tertiary/aromatic N) is 2. The van der Waals surface area contributed by atoms with Crippen LogP contribution in [0.2, 0.25) is 0 Å². The maximum Gasteiger partial charge on any atom is 0.396 e. The molecule has 0 amide bonds. The molecule has 68 valence electrons. The van der Waals surface area contributed by atoms with Crippen LogP contribution in [-0.4, -0.2) is 16.3 Å². The Morgan fingerprint density at radius 3 is 2.50 bits per heavy atom. The van der Waals surface area contributed by atoms with Crippen LogP contribution in [0, 0.1) is 0 Å². The summed E-state index contributed by atoms with van der Waals surface area (Å²) in [6.45, 7) is 0. The highest BCUT2D eigenvalue weighted by Crippen LogP contribution is 2.19. The highest BCUT2D eigenvalue weighted by molar-refractivity contribution is 7.79. The molecule has 0 aromatic carbocycles. The van der Waals surface area contributed by atoms with Gasteiger partial charge >= 0.3 is 6.18 Å². The summed E-state index contributed by atoms with van der Waals surface area (Å²) >= 11 is 3.76. The molecule has 0 aliphatic rings. The zero-order valence-electron chi connectivity index (χ0n) is 5.80. The monoisotopic (exact) mass is 198 g/mol. The summed E-state index contributed by atoms with van der Waals surface area (Å²) in [5, 5.41) is 3.12. The van der Waals surface area contributed by atoms with Crippen molar-refractivity contribution in [3.05, 3.63) is 11.7 Å². The van der Waals surface area contributed by atoms with E-state index in [0.717, 1.165) is 0 Å². The topological polar surface area (TPSA) is 38.9 Å². The lowest BCUT2D eigenvalue weighted by Gasteiger charge is -1.99. The van der Waals surface area contributed by atoms with E-state index in [-0.39, 0.29) is 17.5 Å². The van der Waals surface area contributed by atoms with E-state index in [9.17, 15) is 13.2 Å². The number of thiol groups is 1. The summed E-state index contributed by atoms with van der Waals surface area (Å²) in [6, 6.07) is 0. The second-order valence-electron chi connectivity index (χ2n) is 2.05. The van der Waals surface area contributed by atoms with Gasteiger partial charge in [-0.15, -0.1) is 0 Å². The molecule has 0 unspecified atom stereocenters. The molecule has 0 fully saturated rings. The van der Waals surface area contributed by atoms with Gasteiger partial charge in [0.25, 0.3) is 0 Å². The standard InChI is InChI=1S/C5H5F3N2OS/c6-5(7,8)1-3-9-4(2-12)11-10-3/h12H,1-2H2. The van der Waals surface area contributed by atoms with Crippen LogP contribution in [0.15, 0.2) is 4.52 Å². The summed E-state index contributed by atoms with van der Waals surface area (Å²) in [4.78, 5) is 3.44. The number of hydrogen-bond donors (Lipinski definition) is 1. The molecule has 7 heteroatoms. The third kappa shape index (κ3) is 2.72. The molecular weight excluding hydrogens is 193 g/mol. The Labute approximate surface area is 71.4 Å². The molecule has 0 radical (unpaired) electrons. The van der Waals surface area contributed by atoms with Gasteiger partial charge in [0.1, 0.15) is 6.42 Å². The fraction of sp³-hybridized carbons (Fsp3) is 0.600. The molecule has 0 N–H and O–H groups in total. The van der Waals surface area contributed by atoms with Gasteiger partial charge in [0, 0.05) is 0 Å². The van der Waals surface area contributed by atoms with Crippen molar-refractivity contribution in [1.82, 2.24) is 10.1 Å². The predicted octanol–water partition coefficient (Wildman–Crippen LogP) is 1.60. The summed E-state index contributed by atoms with van der Waals surface area (Å²) in [5.41, 5.74) is 0. The first-order chi connectivity index (χ1) is 5.51. The highest BCUT2D eigenvalue weighted by Gasteiger charge is 2.30. The van der Waals surface area contributed by atoms with Gasteiger partial charge in [-0.05, 0) is 0 Å². The highest BCUT2D eigenvalue weighted by atomic mass is 32.1. The van der Waals surface area contributed by atoms with Crippen molar-refractivity contribution in [2.24, 2.45) is 0 Å². The van der Waals surface area contributed by atoms with Crippen molar-refractivity contribution in [2.45, 2.75) is 18.3 Å². The molecule has 1 heterocycles. The van der Waals surface area contributed by atoms with Crippen LogP contribution in [0.3, 0.4) is 0 Å². The first-order valence-corrected chi connectivity index (χ1v) is 3.63. The summed E-state index contributed by atoms with van der Waals surface area (Å²) < 4.78 is 39.6. The molecule has 3 nitrogen and oxygen atoms in total. The van der Waals surface area contributed by atoms with E-state index < -0.39 is 12.6 Å². The second-order valence-corrected chi connectivity index (χ2v) is 2.37. The van der Waals surface area contributed by atoms with E-state index in [1.165, 1.54) is 0 Å². The SMILES string of the molecule is FC(F)(F)Cc1noc(CS)n1. The summed E-state index contributed by atoms with van der Waals surface area (Å²) in [5.74, 6) is -0.116. The van der Waals surface area contributed by atoms with Crippen LogP contribution in [0.5, 0.6) is 0 Å². The largest absolute Gasteiger partial charge is 0.396 e. The maximum atomic E-state index is 11.7. The zero-order valence-corrected chi connectivity index (χ0v) is 6.69. The molecule has 1 aromatic heterocycles. The predicted molar refractivity (Wildman–Crippen MR) is 36.7 cm³/mol. The average molecular weight is 198 g/mol. The lowest BCUT2D eigenvalue weighted by atomic mass is 10.4. The lowest BCUT2D eigenvalue weighted by Crippen LogP contribution is -2.12. The Morgan fingerprint density at radius 1 is 1.42 bits per heavy atom. The van der Waals surface area contributed by atoms with Crippen molar-refractivity contribution >= 4 is 12.6 Å². The van der Waals surface area contributed by atoms with Gasteiger partial charge in [-0.1, -0.05) is 5.16 Å². The van der Waals surface area contributed by atoms with Crippen molar-refractivity contribution in [3.8, 4) is 0 Å². The normalized spacial score (nSPS) is 12.0. The number of alkyl halides is 3. The van der Waals surface area contributed by atoms with Gasteiger partial charge in [-0.2, -0.15) is 30.8 Å². The second kappa shape index (κ2) is 3.34. The van der Waals surface area contributed by atoms with E-state index in [0.29, 0.717) is 0 Å². The Balaban J connectivity index is 2.64. The van der Waals surface area contributed by atoms with Gasteiger partial charge in [0.2, 0.25) is 5.89 Å². The molecule has 0 aliphatic carbocycles. The van der Waals surface area contributed by atoms with Crippen molar-refractivity contribution in [1.29, 1.82) is 0 Å². The molecule has 12 heavy (non-hydrogen) atoms. The molecule has 0 aliphatic heterocycles. The first kappa shape index (κ1) is 9.37. The Kier molecular flexibility index (Phi) is 2.61. The average Bonchev–Trinajstić information content (AvgIpc) is 2.32. The van der Waals surface area contributed by atoms with Crippen LogP contribution in [-0.2, 0) is 12.2 Å². The summed E-state index contributed by atoms with van der Waals surface area (Å²) in [6.07, 6.45) is -5.46. The summed E-state index contributed by atoms with van der Waals surface area (Å²) in [7, 11) is 0. The minimum atomic E-state index is -4.29. The van der Waals surface area contributed by atoms with Gasteiger partial charge in [-0.3, -0.25) is 0 Å². The smallest absolute Gasteiger partial charge is 0.338 e. The van der Waals surface area contributed by atoms with Gasteiger partial charge in [-0.25, -0.2) is 0 Å². The van der Waals surface area contributed by atoms with Crippen LogP contribution >= 0.6 is 12.6 Å². The molecule has 0 atom stereocenters. The lowest BCUT2D eigenvalue weighted by molar-refractivity contribution is -0.128. The van der Waals surface area contributed by atoms with Gasteiger partial charge < -0.3 is 4.52 Å². The molecular formula is C5H5F3N2OS. The fourth-order valence-electron chi connectivity index (χ4n) is 0.605. The zero-order chi connectivity index (χ0) is 9.19. The van der Waals surface area contributed by atoms with Crippen LogP contribution in [0.4, 0.5) is 13.2 Å². The quantitative estimate of drug-likeness (QED) is 0.733. The Hall–Kier alpha value is -0.720. The van der Waals surface area contributed by atoms with E-state index in [4.69, 9.17) is 0 Å². The molecule has 1 rings (SSSR count). The van der Waals surface area contributed by atoms with Gasteiger partial charge in [0.05, 0.1) is 5.75 Å². The minimum Gasteiger partial charge on any atom is -0.338 e. The minimum absolute atomic E-state index is 0.0950. The molecule has 0 saturated carbocycles. The molecule has 0 bridgehead atoms. The van der Waals surface area contributed by atoms with E-state index >= 15 is 0 Å².